The number of nitrogens with two attached hydrogens (primary N) is 1. The molecule has 2 aliphatic carbocycles. The van der Waals surface area contributed by atoms with Crippen molar-refractivity contribution in [3.8, 4) is 11.8 Å². The van der Waals surface area contributed by atoms with E-state index in [9.17, 15) is 9.59 Å². The molecule has 1 heterocycles. The molecule has 1 aliphatic heterocycles. The number of nitrogens with zero attached hydrogens (tertiary/aromatic N) is 1. The number of nitrogens with one attached hydrogen (secondary N) is 1. The molecule has 0 unspecified atom stereocenters. The summed E-state index contributed by atoms with van der Waals surface area (Å²) < 4.78 is 15.4. The molecule has 1 aromatic carbocycles. The molecule has 158 valence electrons. The molecule has 0 aromatic heterocycles. The molecule has 6 heteroatoms. The number of allylic oxidation sites excluding steroid dienone is 2. The van der Waals surface area contributed by atoms with Gasteiger partial charge in [-0.25, -0.2) is 4.39 Å². The summed E-state index contributed by atoms with van der Waals surface area (Å²) >= 11 is 0. The van der Waals surface area contributed by atoms with Crippen LogP contribution >= 0.6 is 0 Å². The number of primary amides is 1. The largest absolute Gasteiger partial charge is 0.367 e. The maximum atomic E-state index is 15.4. The molecule has 0 radical (unpaired) electrons. The number of piperidine rings is 1. The second kappa shape index (κ2) is 8.51. The number of hydrogen-bond donors (Lipinski definition) is 2. The van der Waals surface area contributed by atoms with E-state index >= 15 is 4.39 Å². The topological polar surface area (TPSA) is 75.4 Å². The maximum absolute atomic E-state index is 15.4. The van der Waals surface area contributed by atoms with Crippen molar-refractivity contribution in [1.82, 2.24) is 5.32 Å². The number of carbonyl (C=O) groups is 2. The zero-order valence-electron chi connectivity index (χ0n) is 17.4. The Kier molecular flexibility index (Phi) is 5.80. The van der Waals surface area contributed by atoms with Crippen LogP contribution in [0.1, 0.15) is 73.4 Å². The first kappa shape index (κ1) is 20.5. The van der Waals surface area contributed by atoms with Gasteiger partial charge in [0.1, 0.15) is 5.82 Å². The van der Waals surface area contributed by atoms with E-state index in [0.717, 1.165) is 49.7 Å². The first-order valence-corrected chi connectivity index (χ1v) is 10.8. The third-order valence-electron chi connectivity index (χ3n) is 6.46. The number of anilines is 1. The molecule has 1 aromatic rings. The summed E-state index contributed by atoms with van der Waals surface area (Å²) in [5.41, 5.74) is 10.8. The smallest absolute Gasteiger partial charge is 0.296 e. The van der Waals surface area contributed by atoms with Gasteiger partial charge in [0.15, 0.2) is 0 Å². The third-order valence-corrected chi connectivity index (χ3v) is 6.46. The number of rotatable bonds is 3. The molecular weight excluding hydrogens is 381 g/mol. The molecule has 3 aliphatic rings. The number of carbonyl (C=O) groups excluding carboxylic acids is 2. The fraction of sp³-hybridized carbons (Fsp3) is 0.500. The Morgan fingerprint density at radius 3 is 2.80 bits per heavy atom. The fourth-order valence-electron chi connectivity index (χ4n) is 5.20. The molecule has 0 bridgehead atoms. The van der Waals surface area contributed by atoms with Crippen molar-refractivity contribution in [2.75, 3.05) is 18.0 Å². The minimum atomic E-state index is -0.573. The highest BCUT2D eigenvalue weighted by Gasteiger charge is 2.34. The van der Waals surface area contributed by atoms with Crippen LogP contribution < -0.4 is 16.0 Å². The van der Waals surface area contributed by atoms with E-state index in [1.807, 2.05) is 4.90 Å². The van der Waals surface area contributed by atoms with Crippen LogP contribution in [0.15, 0.2) is 11.6 Å². The lowest BCUT2D eigenvalue weighted by molar-refractivity contribution is -0.116. The Morgan fingerprint density at radius 1 is 1.23 bits per heavy atom. The molecule has 1 saturated heterocycles. The van der Waals surface area contributed by atoms with Crippen molar-refractivity contribution >= 4 is 23.1 Å². The predicted octanol–water partition coefficient (Wildman–Crippen LogP) is 3.31. The van der Waals surface area contributed by atoms with Gasteiger partial charge in [-0.1, -0.05) is 17.9 Å². The number of halogens is 1. The summed E-state index contributed by atoms with van der Waals surface area (Å²) in [6.45, 7) is 2.87. The van der Waals surface area contributed by atoms with Gasteiger partial charge in [0.25, 0.3) is 5.91 Å². The molecule has 0 saturated carbocycles. The molecule has 0 spiro atoms. The van der Waals surface area contributed by atoms with Crippen LogP contribution in [0.2, 0.25) is 0 Å². The van der Waals surface area contributed by atoms with E-state index in [0.29, 0.717) is 30.8 Å². The monoisotopic (exact) mass is 409 g/mol. The van der Waals surface area contributed by atoms with E-state index in [-0.39, 0.29) is 11.9 Å². The zero-order chi connectivity index (χ0) is 21.3. The molecule has 1 atom stereocenters. The second-order valence-corrected chi connectivity index (χ2v) is 8.43. The Morgan fingerprint density at radius 2 is 2.03 bits per heavy atom. The van der Waals surface area contributed by atoms with Gasteiger partial charge in [-0.3, -0.25) is 9.59 Å². The number of benzene rings is 1. The van der Waals surface area contributed by atoms with Crippen LogP contribution in [0.5, 0.6) is 0 Å². The van der Waals surface area contributed by atoms with Crippen molar-refractivity contribution in [2.45, 2.75) is 64.3 Å². The number of fused-ring (bicyclic) bond motifs is 2. The van der Waals surface area contributed by atoms with Gasteiger partial charge < -0.3 is 16.0 Å². The van der Waals surface area contributed by atoms with Crippen molar-refractivity contribution < 1.29 is 14.0 Å². The molecule has 4 rings (SSSR count). The van der Waals surface area contributed by atoms with Crippen LogP contribution in [0, 0.1) is 17.7 Å². The highest BCUT2D eigenvalue weighted by molar-refractivity contribution is 5.99. The molecule has 1 fully saturated rings. The lowest BCUT2D eigenvalue weighted by Gasteiger charge is -2.36. The van der Waals surface area contributed by atoms with Gasteiger partial charge in [-0.05, 0) is 75.0 Å². The molecule has 3 N–H and O–H groups in total. The summed E-state index contributed by atoms with van der Waals surface area (Å²) in [5, 5.41) is 2.94. The lowest BCUT2D eigenvalue weighted by Crippen LogP contribution is -2.48. The Labute approximate surface area is 176 Å². The maximum Gasteiger partial charge on any atom is 0.296 e. The lowest BCUT2D eigenvalue weighted by atomic mass is 9.93. The minimum Gasteiger partial charge on any atom is -0.367 e. The predicted molar refractivity (Wildman–Crippen MR) is 115 cm³/mol. The van der Waals surface area contributed by atoms with Gasteiger partial charge in [0, 0.05) is 30.3 Å². The first-order valence-electron chi connectivity index (χ1n) is 10.8. The molecular formula is C24H28FN3O2. The average Bonchev–Trinajstić information content (AvgIpc) is 2.90. The summed E-state index contributed by atoms with van der Waals surface area (Å²) in [6.07, 6.45) is 7.67. The van der Waals surface area contributed by atoms with Crippen LogP contribution in [-0.2, 0) is 11.2 Å². The Hall–Kier alpha value is -2.81. The van der Waals surface area contributed by atoms with E-state index in [4.69, 9.17) is 5.73 Å². The molecule has 2 amide bonds. The van der Waals surface area contributed by atoms with Crippen molar-refractivity contribution in [3.05, 3.63) is 34.1 Å². The third kappa shape index (κ3) is 3.81. The molecule has 30 heavy (non-hydrogen) atoms. The van der Waals surface area contributed by atoms with Crippen molar-refractivity contribution in [2.24, 2.45) is 5.73 Å². The van der Waals surface area contributed by atoms with E-state index in [2.05, 4.69) is 17.2 Å². The minimum absolute atomic E-state index is 0.0815. The van der Waals surface area contributed by atoms with Gasteiger partial charge in [-0.2, -0.15) is 0 Å². The van der Waals surface area contributed by atoms with Crippen LogP contribution in [0.4, 0.5) is 10.1 Å². The van der Waals surface area contributed by atoms with Crippen LogP contribution in [0.3, 0.4) is 0 Å². The van der Waals surface area contributed by atoms with Gasteiger partial charge in [0.05, 0.1) is 5.69 Å². The van der Waals surface area contributed by atoms with Gasteiger partial charge in [0.2, 0.25) is 5.91 Å². The van der Waals surface area contributed by atoms with Crippen molar-refractivity contribution in [1.29, 1.82) is 0 Å². The number of hydrogen-bond acceptors (Lipinski definition) is 3. The number of amides is 2. The normalized spacial score (nSPS) is 20.6. The van der Waals surface area contributed by atoms with E-state index in [1.54, 1.807) is 6.92 Å². The first-order chi connectivity index (χ1) is 14.5. The van der Waals surface area contributed by atoms with Gasteiger partial charge >= 0.3 is 0 Å². The average molecular weight is 410 g/mol. The Bertz CT molecular complexity index is 986. The fourth-order valence-corrected chi connectivity index (χ4v) is 5.20. The van der Waals surface area contributed by atoms with E-state index in [1.165, 1.54) is 23.6 Å². The van der Waals surface area contributed by atoms with Crippen LogP contribution in [0.25, 0.3) is 5.57 Å². The zero-order valence-corrected chi connectivity index (χ0v) is 17.4. The summed E-state index contributed by atoms with van der Waals surface area (Å²) in [6, 6.07) is 1.23. The highest BCUT2D eigenvalue weighted by atomic mass is 19.1. The SMILES string of the molecule is CC#CC(=O)N[C@H]1CCCN(c2c(F)cc(C(N)=O)c3c2C2=C(CCCCC2)C3)C1. The second-order valence-electron chi connectivity index (χ2n) is 8.43. The van der Waals surface area contributed by atoms with Crippen molar-refractivity contribution in [3.63, 3.8) is 0 Å². The Balaban J connectivity index is 1.74. The summed E-state index contributed by atoms with van der Waals surface area (Å²) in [5.74, 6) is 3.85. The van der Waals surface area contributed by atoms with E-state index < -0.39 is 11.7 Å². The quantitative estimate of drug-likeness (QED) is 0.752. The highest BCUT2D eigenvalue weighted by Crippen LogP contribution is 2.47. The van der Waals surface area contributed by atoms with Crippen LogP contribution in [-0.4, -0.2) is 30.9 Å². The standard InChI is InChI=1S/C24H28FN3O2/c1-2-7-21(29)27-16-9-6-11-28(14-16)23-20(25)13-19(24(26)30)18-12-15-8-4-3-5-10-17(15)22(18)23/h13,16H,3-6,8-12,14H2,1H3,(H2,26,30)(H,27,29)/t16-/m0/s1. The molecule has 5 nitrogen and oxygen atoms in total. The van der Waals surface area contributed by atoms with Gasteiger partial charge in [-0.15, -0.1) is 0 Å². The summed E-state index contributed by atoms with van der Waals surface area (Å²) in [4.78, 5) is 26.0. The summed E-state index contributed by atoms with van der Waals surface area (Å²) in [7, 11) is 0.